The van der Waals surface area contributed by atoms with E-state index in [1.165, 1.54) is 4.88 Å². The van der Waals surface area contributed by atoms with E-state index in [1.807, 2.05) is 23.8 Å². The third-order valence-electron chi connectivity index (χ3n) is 2.88. The van der Waals surface area contributed by atoms with Crippen molar-refractivity contribution in [3.8, 4) is 17.2 Å². The van der Waals surface area contributed by atoms with E-state index in [-0.39, 0.29) is 0 Å². The van der Waals surface area contributed by atoms with Crippen molar-refractivity contribution in [2.24, 2.45) is 0 Å². The van der Waals surface area contributed by atoms with Gasteiger partial charge in [-0.1, -0.05) is 6.07 Å². The van der Waals surface area contributed by atoms with Gasteiger partial charge in [-0.2, -0.15) is 0 Å². The number of thiazole rings is 1. The molecule has 0 aliphatic heterocycles. The standard InChI is InChI=1S/C14H18N2O3S/c1-17-12-5-4-10(13(18-2)14(12)19-3)6-15-7-11-8-16-9-20-11/h4-5,8-9,15H,6-7H2,1-3H3. The van der Waals surface area contributed by atoms with Crippen LogP contribution >= 0.6 is 11.3 Å². The van der Waals surface area contributed by atoms with E-state index in [9.17, 15) is 0 Å². The highest BCUT2D eigenvalue weighted by molar-refractivity contribution is 7.09. The fourth-order valence-electron chi connectivity index (χ4n) is 1.95. The lowest BCUT2D eigenvalue weighted by atomic mass is 10.1. The third-order valence-corrected chi connectivity index (χ3v) is 3.66. The van der Waals surface area contributed by atoms with E-state index in [2.05, 4.69) is 10.3 Å². The van der Waals surface area contributed by atoms with Gasteiger partial charge in [0.2, 0.25) is 5.75 Å². The van der Waals surface area contributed by atoms with Crippen molar-refractivity contribution in [2.75, 3.05) is 21.3 Å². The second-order valence-electron chi connectivity index (χ2n) is 4.06. The van der Waals surface area contributed by atoms with E-state index < -0.39 is 0 Å². The molecule has 0 amide bonds. The van der Waals surface area contributed by atoms with Gasteiger partial charge in [0, 0.05) is 29.7 Å². The molecule has 5 nitrogen and oxygen atoms in total. The lowest BCUT2D eigenvalue weighted by molar-refractivity contribution is 0.321. The molecular weight excluding hydrogens is 276 g/mol. The van der Waals surface area contributed by atoms with Crippen LogP contribution in [0.1, 0.15) is 10.4 Å². The van der Waals surface area contributed by atoms with Gasteiger partial charge in [-0.15, -0.1) is 11.3 Å². The molecule has 6 heteroatoms. The molecule has 2 aromatic rings. The van der Waals surface area contributed by atoms with Crippen molar-refractivity contribution in [3.05, 3.63) is 34.3 Å². The summed E-state index contributed by atoms with van der Waals surface area (Å²) in [6, 6.07) is 3.85. The number of hydrogen-bond acceptors (Lipinski definition) is 6. The first kappa shape index (κ1) is 14.6. The molecule has 1 heterocycles. The highest BCUT2D eigenvalue weighted by Gasteiger charge is 2.15. The molecule has 0 spiro atoms. The van der Waals surface area contributed by atoms with Gasteiger partial charge in [-0.05, 0) is 6.07 Å². The van der Waals surface area contributed by atoms with E-state index in [0.717, 1.165) is 12.1 Å². The van der Waals surface area contributed by atoms with Crippen molar-refractivity contribution in [3.63, 3.8) is 0 Å². The Bertz CT molecular complexity index is 544. The predicted molar refractivity (Wildman–Crippen MR) is 78.8 cm³/mol. The summed E-state index contributed by atoms with van der Waals surface area (Å²) in [7, 11) is 4.85. The van der Waals surface area contributed by atoms with Crippen LogP contribution in [0.15, 0.2) is 23.8 Å². The molecule has 0 saturated heterocycles. The van der Waals surface area contributed by atoms with Crippen LogP contribution in [0.5, 0.6) is 17.2 Å². The second-order valence-corrected chi connectivity index (χ2v) is 5.04. The topological polar surface area (TPSA) is 52.6 Å². The molecule has 0 aliphatic rings. The van der Waals surface area contributed by atoms with Gasteiger partial charge in [-0.25, -0.2) is 0 Å². The molecule has 1 aromatic carbocycles. The van der Waals surface area contributed by atoms with Crippen molar-refractivity contribution >= 4 is 11.3 Å². The molecule has 0 radical (unpaired) electrons. The molecule has 1 N–H and O–H groups in total. The van der Waals surface area contributed by atoms with Gasteiger partial charge >= 0.3 is 0 Å². The Labute approximate surface area is 122 Å². The van der Waals surface area contributed by atoms with Crippen LogP contribution in [0.25, 0.3) is 0 Å². The van der Waals surface area contributed by atoms with Crippen LogP contribution in [0.2, 0.25) is 0 Å². The van der Waals surface area contributed by atoms with Crippen LogP contribution in [-0.2, 0) is 13.1 Å². The van der Waals surface area contributed by atoms with Crippen LogP contribution in [0, 0.1) is 0 Å². The van der Waals surface area contributed by atoms with Crippen LogP contribution in [0.3, 0.4) is 0 Å². The number of hydrogen-bond donors (Lipinski definition) is 1. The summed E-state index contributed by atoms with van der Waals surface area (Å²) in [5, 5.41) is 3.36. The zero-order valence-corrected chi connectivity index (χ0v) is 12.6. The number of methoxy groups -OCH3 is 3. The van der Waals surface area contributed by atoms with Crippen molar-refractivity contribution in [1.29, 1.82) is 0 Å². The quantitative estimate of drug-likeness (QED) is 0.850. The van der Waals surface area contributed by atoms with E-state index in [1.54, 1.807) is 32.7 Å². The van der Waals surface area contributed by atoms with Gasteiger partial charge in [0.1, 0.15) is 0 Å². The zero-order chi connectivity index (χ0) is 14.4. The Morgan fingerprint density at radius 2 is 1.85 bits per heavy atom. The van der Waals surface area contributed by atoms with Crippen molar-refractivity contribution in [1.82, 2.24) is 10.3 Å². The van der Waals surface area contributed by atoms with Gasteiger partial charge in [0.05, 0.1) is 26.8 Å². The summed E-state index contributed by atoms with van der Waals surface area (Å²) < 4.78 is 16.1. The number of aromatic nitrogens is 1. The Hall–Kier alpha value is -1.79. The van der Waals surface area contributed by atoms with Crippen LogP contribution < -0.4 is 19.5 Å². The summed E-state index contributed by atoms with van der Waals surface area (Å²) in [6.45, 7) is 1.46. The maximum atomic E-state index is 5.44. The lowest BCUT2D eigenvalue weighted by Crippen LogP contribution is -2.13. The monoisotopic (exact) mass is 294 g/mol. The molecule has 0 saturated carbocycles. The molecule has 0 atom stereocenters. The smallest absolute Gasteiger partial charge is 0.203 e. The molecule has 0 unspecified atom stereocenters. The average molecular weight is 294 g/mol. The molecule has 0 fully saturated rings. The Morgan fingerprint density at radius 3 is 2.45 bits per heavy atom. The van der Waals surface area contributed by atoms with E-state index in [4.69, 9.17) is 14.2 Å². The molecule has 108 valence electrons. The second kappa shape index (κ2) is 7.12. The summed E-state index contributed by atoms with van der Waals surface area (Å²) >= 11 is 1.63. The van der Waals surface area contributed by atoms with Crippen LogP contribution in [0.4, 0.5) is 0 Å². The fraction of sp³-hybridized carbons (Fsp3) is 0.357. The Morgan fingerprint density at radius 1 is 1.05 bits per heavy atom. The SMILES string of the molecule is COc1ccc(CNCc2cncs2)c(OC)c1OC. The minimum Gasteiger partial charge on any atom is -0.493 e. The summed E-state index contributed by atoms with van der Waals surface area (Å²) in [6.07, 6.45) is 1.86. The summed E-state index contributed by atoms with van der Waals surface area (Å²) in [4.78, 5) is 5.25. The third kappa shape index (κ3) is 3.20. The molecular formula is C14H18N2O3S. The molecule has 0 bridgehead atoms. The lowest BCUT2D eigenvalue weighted by Gasteiger charge is -2.15. The van der Waals surface area contributed by atoms with Crippen LogP contribution in [-0.4, -0.2) is 26.3 Å². The van der Waals surface area contributed by atoms with Crippen molar-refractivity contribution in [2.45, 2.75) is 13.1 Å². The number of ether oxygens (including phenoxy) is 3. The molecule has 1 aromatic heterocycles. The first-order valence-corrected chi connectivity index (χ1v) is 7.04. The van der Waals surface area contributed by atoms with Gasteiger partial charge in [-0.3, -0.25) is 4.98 Å². The highest BCUT2D eigenvalue weighted by Crippen LogP contribution is 2.39. The zero-order valence-electron chi connectivity index (χ0n) is 11.8. The molecule has 0 aliphatic carbocycles. The predicted octanol–water partition coefficient (Wildman–Crippen LogP) is 2.46. The Kier molecular flexibility index (Phi) is 5.20. The first-order chi connectivity index (χ1) is 9.80. The summed E-state index contributed by atoms with van der Waals surface area (Å²) in [5.41, 5.74) is 2.85. The van der Waals surface area contributed by atoms with E-state index >= 15 is 0 Å². The number of rotatable bonds is 7. The van der Waals surface area contributed by atoms with Gasteiger partial charge < -0.3 is 19.5 Å². The normalized spacial score (nSPS) is 10.3. The van der Waals surface area contributed by atoms with Gasteiger partial charge in [0.15, 0.2) is 11.5 Å². The summed E-state index contributed by atoms with van der Waals surface area (Å²) in [5.74, 6) is 1.98. The fourth-order valence-corrected chi connectivity index (χ4v) is 2.52. The van der Waals surface area contributed by atoms with E-state index in [0.29, 0.717) is 23.8 Å². The maximum Gasteiger partial charge on any atom is 0.203 e. The number of nitrogens with one attached hydrogen (secondary N) is 1. The van der Waals surface area contributed by atoms with Gasteiger partial charge in [0.25, 0.3) is 0 Å². The molecule has 20 heavy (non-hydrogen) atoms. The van der Waals surface area contributed by atoms with Crippen molar-refractivity contribution < 1.29 is 14.2 Å². The number of nitrogens with zero attached hydrogens (tertiary/aromatic N) is 1. The molecule has 2 rings (SSSR count). The Balaban J connectivity index is 2.10. The maximum absolute atomic E-state index is 5.44. The first-order valence-electron chi connectivity index (χ1n) is 6.16. The largest absolute Gasteiger partial charge is 0.493 e. The highest BCUT2D eigenvalue weighted by atomic mass is 32.1. The minimum atomic E-state index is 0.618. The number of benzene rings is 1. The minimum absolute atomic E-state index is 0.618. The average Bonchev–Trinajstić information content (AvgIpc) is 2.99.